The van der Waals surface area contributed by atoms with Crippen LogP contribution in [0.1, 0.15) is 62.6 Å². The zero-order chi connectivity index (χ0) is 25.1. The molecule has 0 radical (unpaired) electrons. The van der Waals surface area contributed by atoms with E-state index in [9.17, 15) is 19.2 Å². The Balaban J connectivity index is 1.41. The number of carbonyl (C=O) groups excluding carboxylic acids is 4. The van der Waals surface area contributed by atoms with E-state index in [1.807, 2.05) is 29.3 Å². The molecule has 1 aromatic carbocycles. The first-order chi connectivity index (χ1) is 16.8. The van der Waals surface area contributed by atoms with Gasteiger partial charge in [-0.15, -0.1) is 11.3 Å². The molecule has 0 saturated carbocycles. The average Bonchev–Trinajstić information content (AvgIpc) is 3.45. The maximum absolute atomic E-state index is 13.3. The molecular weight excluding hydrogens is 468 g/mol. The zero-order valence-corrected chi connectivity index (χ0v) is 20.9. The van der Waals surface area contributed by atoms with Gasteiger partial charge in [-0.1, -0.05) is 31.2 Å². The van der Waals surface area contributed by atoms with E-state index in [1.165, 1.54) is 0 Å². The van der Waals surface area contributed by atoms with Crippen molar-refractivity contribution in [2.75, 3.05) is 26.2 Å². The standard InChI is InChI=1S/C24H30N6O4S/c1-4-25-22(33)23-27-15(3)19(35-23)21(32)26-12-14(2)20(31)28-18-17-9-6-5-8-16(17)13-29-10-7-11-30(29)24(18)34/h5-6,8-9,14,18H,4,7,10-13H2,1-3H3,(H,25,33)(H,26,32)(H,28,31)/t14-,18+/m1/s1. The number of hydrogen-bond acceptors (Lipinski definition) is 7. The van der Waals surface area contributed by atoms with Gasteiger partial charge < -0.3 is 16.0 Å². The fourth-order valence-electron chi connectivity index (χ4n) is 4.30. The van der Waals surface area contributed by atoms with Crippen LogP contribution in [0.25, 0.3) is 0 Å². The molecule has 11 heteroatoms. The van der Waals surface area contributed by atoms with Crippen molar-refractivity contribution in [3.63, 3.8) is 0 Å². The fraction of sp³-hybridized carbons (Fsp3) is 0.458. The predicted molar refractivity (Wildman–Crippen MR) is 130 cm³/mol. The maximum atomic E-state index is 13.3. The van der Waals surface area contributed by atoms with Crippen molar-refractivity contribution >= 4 is 35.0 Å². The Bertz CT molecular complexity index is 1150. The smallest absolute Gasteiger partial charge is 0.280 e. The number of carbonyl (C=O) groups is 4. The van der Waals surface area contributed by atoms with Crippen LogP contribution in [0.4, 0.5) is 0 Å². The summed E-state index contributed by atoms with van der Waals surface area (Å²) in [6, 6.07) is 6.90. The molecule has 0 spiro atoms. The van der Waals surface area contributed by atoms with Gasteiger partial charge in [0.2, 0.25) is 5.91 Å². The lowest BCUT2D eigenvalue weighted by atomic mass is 9.99. The lowest BCUT2D eigenvalue weighted by Crippen LogP contribution is -2.47. The third-order valence-electron chi connectivity index (χ3n) is 6.19. The third kappa shape index (κ3) is 5.20. The summed E-state index contributed by atoms with van der Waals surface area (Å²) < 4.78 is 0. The molecular formula is C24H30N6O4S. The molecule has 35 heavy (non-hydrogen) atoms. The summed E-state index contributed by atoms with van der Waals surface area (Å²) in [5.41, 5.74) is 2.27. The molecule has 2 atom stereocenters. The van der Waals surface area contributed by atoms with E-state index in [4.69, 9.17) is 0 Å². The van der Waals surface area contributed by atoms with Gasteiger partial charge in [0.05, 0.1) is 11.6 Å². The molecule has 10 nitrogen and oxygen atoms in total. The predicted octanol–water partition coefficient (Wildman–Crippen LogP) is 1.39. The Kier molecular flexibility index (Phi) is 7.46. The van der Waals surface area contributed by atoms with Gasteiger partial charge in [0.25, 0.3) is 17.7 Å². The summed E-state index contributed by atoms with van der Waals surface area (Å²) in [7, 11) is 0. The molecule has 0 bridgehead atoms. The van der Waals surface area contributed by atoms with E-state index in [1.54, 1.807) is 25.8 Å². The van der Waals surface area contributed by atoms with Crippen LogP contribution >= 0.6 is 11.3 Å². The highest BCUT2D eigenvalue weighted by molar-refractivity contribution is 7.15. The van der Waals surface area contributed by atoms with E-state index in [0.29, 0.717) is 30.2 Å². The molecule has 3 heterocycles. The minimum Gasteiger partial charge on any atom is -0.350 e. The van der Waals surface area contributed by atoms with Crippen molar-refractivity contribution in [1.29, 1.82) is 0 Å². The topological polar surface area (TPSA) is 124 Å². The number of nitrogens with one attached hydrogen (secondary N) is 3. The van der Waals surface area contributed by atoms with Crippen molar-refractivity contribution in [3.05, 3.63) is 51.0 Å². The first-order valence-electron chi connectivity index (χ1n) is 11.8. The fourth-order valence-corrected chi connectivity index (χ4v) is 5.20. The van der Waals surface area contributed by atoms with Crippen LogP contribution in [-0.2, 0) is 16.1 Å². The quantitative estimate of drug-likeness (QED) is 0.530. The van der Waals surface area contributed by atoms with Gasteiger partial charge in [-0.05, 0) is 31.4 Å². The van der Waals surface area contributed by atoms with Crippen LogP contribution in [0, 0.1) is 12.8 Å². The van der Waals surface area contributed by atoms with Gasteiger partial charge in [0, 0.05) is 32.7 Å². The minimum atomic E-state index is -0.775. The highest BCUT2D eigenvalue weighted by Gasteiger charge is 2.38. The molecule has 4 rings (SSSR count). The number of aryl methyl sites for hydroxylation is 1. The minimum absolute atomic E-state index is 0.0803. The summed E-state index contributed by atoms with van der Waals surface area (Å²) in [4.78, 5) is 55.5. The molecule has 186 valence electrons. The molecule has 3 N–H and O–H groups in total. The van der Waals surface area contributed by atoms with Crippen LogP contribution < -0.4 is 16.0 Å². The van der Waals surface area contributed by atoms with Gasteiger partial charge >= 0.3 is 0 Å². The van der Waals surface area contributed by atoms with E-state index in [0.717, 1.165) is 35.4 Å². The summed E-state index contributed by atoms with van der Waals surface area (Å²) >= 11 is 1.02. The molecule has 1 saturated heterocycles. The number of thiazole rings is 1. The second-order valence-electron chi connectivity index (χ2n) is 8.75. The van der Waals surface area contributed by atoms with Crippen molar-refractivity contribution in [3.8, 4) is 0 Å². The second kappa shape index (κ2) is 10.5. The SMILES string of the molecule is CCNC(=O)c1nc(C)c(C(=O)NC[C@@H](C)C(=O)N[C@@H]2C(=O)N3CCCN3Cc3ccccc32)s1. The van der Waals surface area contributed by atoms with E-state index >= 15 is 0 Å². The van der Waals surface area contributed by atoms with Crippen molar-refractivity contribution < 1.29 is 19.2 Å². The number of hydrazine groups is 1. The third-order valence-corrected chi connectivity index (χ3v) is 7.34. The Morgan fingerprint density at radius 3 is 2.71 bits per heavy atom. The largest absolute Gasteiger partial charge is 0.350 e. The first kappa shape index (κ1) is 24.8. The molecule has 2 aliphatic rings. The number of fused-ring (bicyclic) bond motifs is 2. The van der Waals surface area contributed by atoms with Crippen molar-refractivity contribution in [1.82, 2.24) is 31.0 Å². The Morgan fingerprint density at radius 1 is 1.17 bits per heavy atom. The van der Waals surface area contributed by atoms with Gasteiger partial charge in [-0.2, -0.15) is 0 Å². The number of nitrogens with zero attached hydrogens (tertiary/aromatic N) is 3. The molecule has 4 amide bonds. The summed E-state index contributed by atoms with van der Waals surface area (Å²) in [5, 5.41) is 12.3. The number of amides is 4. The van der Waals surface area contributed by atoms with Crippen LogP contribution in [-0.4, -0.2) is 64.8 Å². The number of benzene rings is 1. The van der Waals surface area contributed by atoms with E-state index < -0.39 is 17.9 Å². The van der Waals surface area contributed by atoms with Crippen molar-refractivity contribution in [2.45, 2.75) is 39.8 Å². The van der Waals surface area contributed by atoms with Gasteiger partial charge in [0.15, 0.2) is 5.01 Å². The lowest BCUT2D eigenvalue weighted by molar-refractivity contribution is -0.148. The molecule has 1 fully saturated rings. The van der Waals surface area contributed by atoms with Gasteiger partial charge in [0.1, 0.15) is 10.9 Å². The Morgan fingerprint density at radius 2 is 1.94 bits per heavy atom. The van der Waals surface area contributed by atoms with Crippen LogP contribution in [0.5, 0.6) is 0 Å². The van der Waals surface area contributed by atoms with Crippen LogP contribution in [0.15, 0.2) is 24.3 Å². The molecule has 2 aliphatic heterocycles. The summed E-state index contributed by atoms with van der Waals surface area (Å²) in [6.07, 6.45) is 0.899. The molecule has 2 aromatic rings. The normalized spacial score (nSPS) is 18.3. The second-order valence-corrected chi connectivity index (χ2v) is 9.75. The molecule has 1 aromatic heterocycles. The Labute approximate surface area is 208 Å². The number of aromatic nitrogens is 1. The lowest BCUT2D eigenvalue weighted by Gasteiger charge is -2.28. The van der Waals surface area contributed by atoms with E-state index in [2.05, 4.69) is 20.9 Å². The highest BCUT2D eigenvalue weighted by Crippen LogP contribution is 2.29. The maximum Gasteiger partial charge on any atom is 0.280 e. The van der Waals surface area contributed by atoms with Crippen molar-refractivity contribution in [2.24, 2.45) is 5.92 Å². The summed E-state index contributed by atoms with van der Waals surface area (Å²) in [6.45, 7) is 7.80. The zero-order valence-electron chi connectivity index (χ0n) is 20.1. The average molecular weight is 499 g/mol. The van der Waals surface area contributed by atoms with Crippen LogP contribution in [0.3, 0.4) is 0 Å². The summed E-state index contributed by atoms with van der Waals surface area (Å²) in [5.74, 6) is -1.76. The van der Waals surface area contributed by atoms with Crippen LogP contribution in [0.2, 0.25) is 0 Å². The first-order valence-corrected chi connectivity index (χ1v) is 12.6. The number of hydrogen-bond donors (Lipinski definition) is 3. The number of rotatable bonds is 7. The molecule has 0 aliphatic carbocycles. The Hall–Kier alpha value is -3.31. The van der Waals surface area contributed by atoms with E-state index in [-0.39, 0.29) is 29.3 Å². The van der Waals surface area contributed by atoms with Gasteiger partial charge in [-0.3, -0.25) is 24.2 Å². The van der Waals surface area contributed by atoms with Gasteiger partial charge in [-0.25, -0.2) is 9.99 Å². The molecule has 0 unspecified atom stereocenters. The monoisotopic (exact) mass is 498 g/mol. The highest BCUT2D eigenvalue weighted by atomic mass is 32.1.